The molecule has 128 valence electrons. The van der Waals surface area contributed by atoms with Crippen molar-refractivity contribution in [3.05, 3.63) is 53.1 Å². The summed E-state index contributed by atoms with van der Waals surface area (Å²) in [7, 11) is 3.31. The van der Waals surface area contributed by atoms with Crippen LogP contribution in [0.4, 0.5) is 5.82 Å². The zero-order chi connectivity index (χ0) is 17.4. The highest BCUT2D eigenvalue weighted by Crippen LogP contribution is 2.40. The molecule has 0 aliphatic carbocycles. The maximum atomic E-state index is 6.39. The number of halogens is 1. The maximum Gasteiger partial charge on any atom is 0.133 e. The predicted molar refractivity (Wildman–Crippen MR) is 99.3 cm³/mol. The fraction of sp³-hybridized carbons (Fsp3) is 0.211. The van der Waals surface area contributed by atoms with Gasteiger partial charge in [0, 0.05) is 17.7 Å². The normalized spacial score (nSPS) is 12.6. The number of hydrogen-bond acceptors (Lipinski definition) is 4. The van der Waals surface area contributed by atoms with Crippen LogP contribution >= 0.6 is 11.6 Å². The van der Waals surface area contributed by atoms with Crippen molar-refractivity contribution in [2.24, 2.45) is 0 Å². The number of benzene rings is 2. The highest BCUT2D eigenvalue weighted by atomic mass is 35.5. The van der Waals surface area contributed by atoms with Crippen molar-refractivity contribution in [1.82, 2.24) is 9.78 Å². The molecule has 3 aromatic rings. The lowest BCUT2D eigenvalue weighted by atomic mass is 10.1. The molecule has 6 heteroatoms. The SMILES string of the molecule is COc1ccc(OC)c(-c2nn(-c3ccccc3Cl)c3c2CCN3)c1. The van der Waals surface area contributed by atoms with Gasteiger partial charge in [0.1, 0.15) is 23.0 Å². The van der Waals surface area contributed by atoms with E-state index in [0.29, 0.717) is 5.02 Å². The lowest BCUT2D eigenvalue weighted by Crippen LogP contribution is -2.05. The Kier molecular flexibility index (Phi) is 4.01. The number of aromatic nitrogens is 2. The van der Waals surface area contributed by atoms with Crippen molar-refractivity contribution in [2.45, 2.75) is 6.42 Å². The van der Waals surface area contributed by atoms with Crippen LogP contribution in [0.25, 0.3) is 16.9 Å². The molecule has 0 atom stereocenters. The third-order valence-corrected chi connectivity index (χ3v) is 4.71. The summed E-state index contributed by atoms with van der Waals surface area (Å²) in [4.78, 5) is 0. The molecule has 1 N–H and O–H groups in total. The summed E-state index contributed by atoms with van der Waals surface area (Å²) in [5.41, 5.74) is 3.80. The Hall–Kier alpha value is -2.66. The fourth-order valence-corrected chi connectivity index (χ4v) is 3.40. The molecular weight excluding hydrogens is 338 g/mol. The van der Waals surface area contributed by atoms with Crippen LogP contribution in [-0.2, 0) is 6.42 Å². The standard InChI is InChI=1S/C19H18ClN3O2/c1-24-12-7-8-17(25-2)14(11-12)18-13-9-10-21-19(13)23(22-18)16-6-4-3-5-15(16)20/h3-8,11,21H,9-10H2,1-2H3. The number of methoxy groups -OCH3 is 2. The summed E-state index contributed by atoms with van der Waals surface area (Å²) in [5, 5.41) is 8.93. The summed E-state index contributed by atoms with van der Waals surface area (Å²) in [6, 6.07) is 13.4. The number of fused-ring (bicyclic) bond motifs is 1. The van der Waals surface area contributed by atoms with E-state index in [1.54, 1.807) is 14.2 Å². The van der Waals surface area contributed by atoms with Crippen molar-refractivity contribution in [2.75, 3.05) is 26.1 Å². The Morgan fingerprint density at radius 3 is 2.72 bits per heavy atom. The molecule has 2 heterocycles. The van der Waals surface area contributed by atoms with Crippen molar-refractivity contribution in [3.8, 4) is 28.4 Å². The second-order valence-electron chi connectivity index (χ2n) is 5.78. The summed E-state index contributed by atoms with van der Waals surface area (Å²) in [6.07, 6.45) is 0.898. The van der Waals surface area contributed by atoms with Gasteiger partial charge in [0.15, 0.2) is 0 Å². The van der Waals surface area contributed by atoms with E-state index in [4.69, 9.17) is 26.2 Å². The smallest absolute Gasteiger partial charge is 0.133 e. The van der Waals surface area contributed by atoms with Gasteiger partial charge in [-0.25, -0.2) is 4.68 Å². The van der Waals surface area contributed by atoms with Crippen molar-refractivity contribution in [1.29, 1.82) is 0 Å². The molecule has 5 nitrogen and oxygen atoms in total. The van der Waals surface area contributed by atoms with Gasteiger partial charge >= 0.3 is 0 Å². The van der Waals surface area contributed by atoms with E-state index >= 15 is 0 Å². The van der Waals surface area contributed by atoms with Crippen LogP contribution in [0.5, 0.6) is 11.5 Å². The second-order valence-corrected chi connectivity index (χ2v) is 6.19. The van der Waals surface area contributed by atoms with Crippen LogP contribution in [0.3, 0.4) is 0 Å². The molecule has 0 unspecified atom stereocenters. The fourth-order valence-electron chi connectivity index (χ4n) is 3.19. The summed E-state index contributed by atoms with van der Waals surface area (Å²) < 4.78 is 12.8. The Labute approximate surface area is 151 Å². The van der Waals surface area contributed by atoms with E-state index in [9.17, 15) is 0 Å². The van der Waals surface area contributed by atoms with Crippen LogP contribution in [0, 0.1) is 0 Å². The first-order chi connectivity index (χ1) is 12.2. The van der Waals surface area contributed by atoms with Gasteiger partial charge in [-0.05, 0) is 36.8 Å². The molecule has 2 aromatic carbocycles. The first-order valence-electron chi connectivity index (χ1n) is 8.06. The molecule has 0 saturated heterocycles. The van der Waals surface area contributed by atoms with E-state index in [0.717, 1.165) is 52.8 Å². The topological polar surface area (TPSA) is 48.3 Å². The number of anilines is 1. The molecule has 0 radical (unpaired) electrons. The molecule has 0 fully saturated rings. The highest BCUT2D eigenvalue weighted by molar-refractivity contribution is 6.32. The summed E-state index contributed by atoms with van der Waals surface area (Å²) in [5.74, 6) is 2.51. The minimum Gasteiger partial charge on any atom is -0.497 e. The average molecular weight is 356 g/mol. The first-order valence-corrected chi connectivity index (χ1v) is 8.44. The van der Waals surface area contributed by atoms with Gasteiger partial charge in [0.05, 0.1) is 24.9 Å². The maximum absolute atomic E-state index is 6.39. The minimum absolute atomic E-state index is 0.658. The monoisotopic (exact) mass is 355 g/mol. The van der Waals surface area contributed by atoms with Crippen LogP contribution in [0.2, 0.25) is 5.02 Å². The summed E-state index contributed by atoms with van der Waals surface area (Å²) in [6.45, 7) is 0.872. The second kappa shape index (κ2) is 6.33. The van der Waals surface area contributed by atoms with Crippen molar-refractivity contribution in [3.63, 3.8) is 0 Å². The Bertz CT molecular complexity index is 936. The number of hydrogen-bond donors (Lipinski definition) is 1. The van der Waals surface area contributed by atoms with E-state index in [2.05, 4.69) is 5.32 Å². The molecule has 0 saturated carbocycles. The number of rotatable bonds is 4. The van der Waals surface area contributed by atoms with E-state index in [1.807, 2.05) is 47.1 Å². The predicted octanol–water partition coefficient (Wildman–Crippen LogP) is 4.18. The van der Waals surface area contributed by atoms with Crippen molar-refractivity contribution >= 4 is 17.4 Å². The van der Waals surface area contributed by atoms with Gasteiger partial charge in [-0.1, -0.05) is 23.7 Å². The molecule has 4 rings (SSSR count). The van der Waals surface area contributed by atoms with Crippen LogP contribution in [0.15, 0.2) is 42.5 Å². The Morgan fingerprint density at radius 2 is 1.96 bits per heavy atom. The third-order valence-electron chi connectivity index (χ3n) is 4.39. The Balaban J connectivity index is 1.94. The molecule has 25 heavy (non-hydrogen) atoms. The molecule has 0 amide bonds. The average Bonchev–Trinajstić information content (AvgIpc) is 3.24. The number of para-hydroxylation sites is 1. The van der Waals surface area contributed by atoms with Gasteiger partial charge in [0.2, 0.25) is 0 Å². The molecule has 0 bridgehead atoms. The largest absolute Gasteiger partial charge is 0.497 e. The third kappa shape index (κ3) is 2.61. The van der Waals surface area contributed by atoms with Gasteiger partial charge in [0.25, 0.3) is 0 Å². The lowest BCUT2D eigenvalue weighted by Gasteiger charge is -2.10. The van der Waals surface area contributed by atoms with Crippen molar-refractivity contribution < 1.29 is 9.47 Å². The van der Waals surface area contributed by atoms with Crippen LogP contribution < -0.4 is 14.8 Å². The number of nitrogens with one attached hydrogen (secondary N) is 1. The van der Waals surface area contributed by atoms with Crippen LogP contribution in [-0.4, -0.2) is 30.5 Å². The number of nitrogens with zero attached hydrogens (tertiary/aromatic N) is 2. The van der Waals surface area contributed by atoms with Crippen LogP contribution in [0.1, 0.15) is 5.56 Å². The van der Waals surface area contributed by atoms with E-state index in [-0.39, 0.29) is 0 Å². The first kappa shape index (κ1) is 15.8. The number of ether oxygens (including phenoxy) is 2. The lowest BCUT2D eigenvalue weighted by molar-refractivity contribution is 0.404. The Morgan fingerprint density at radius 1 is 1.12 bits per heavy atom. The molecule has 1 aromatic heterocycles. The molecular formula is C19H18ClN3O2. The molecule has 1 aliphatic heterocycles. The quantitative estimate of drug-likeness (QED) is 0.762. The summed E-state index contributed by atoms with van der Waals surface area (Å²) >= 11 is 6.39. The van der Waals surface area contributed by atoms with E-state index < -0.39 is 0 Å². The molecule has 1 aliphatic rings. The highest BCUT2D eigenvalue weighted by Gasteiger charge is 2.26. The zero-order valence-electron chi connectivity index (χ0n) is 14.0. The van der Waals surface area contributed by atoms with Gasteiger partial charge in [-0.3, -0.25) is 0 Å². The zero-order valence-corrected chi connectivity index (χ0v) is 14.8. The minimum atomic E-state index is 0.658. The van der Waals surface area contributed by atoms with Gasteiger partial charge < -0.3 is 14.8 Å². The van der Waals surface area contributed by atoms with E-state index in [1.165, 1.54) is 0 Å². The molecule has 0 spiro atoms. The van der Waals surface area contributed by atoms with Gasteiger partial charge in [-0.15, -0.1) is 0 Å². The van der Waals surface area contributed by atoms with Gasteiger partial charge in [-0.2, -0.15) is 5.10 Å².